The minimum Gasteiger partial charge on any atom is -0.457 e. The molecule has 1 saturated heterocycles. The summed E-state index contributed by atoms with van der Waals surface area (Å²) >= 11 is 0. The Morgan fingerprint density at radius 2 is 1.42 bits per heavy atom. The number of likely N-dealkylation sites (tertiary alicyclic amines) is 1. The number of alkyl halides is 3. The Balaban J connectivity index is 1.06. The summed E-state index contributed by atoms with van der Waals surface area (Å²) < 4.78 is 47.2. The average Bonchev–Trinajstić information content (AvgIpc) is 3.24. The zero-order valence-electron chi connectivity index (χ0n) is 18.2. The number of benzene rings is 3. The van der Waals surface area contributed by atoms with Gasteiger partial charge in [0, 0.05) is 19.6 Å². The third kappa shape index (κ3) is 5.69. The van der Waals surface area contributed by atoms with E-state index in [1.807, 2.05) is 48.5 Å². The summed E-state index contributed by atoms with van der Waals surface area (Å²) in [7, 11) is 0. The lowest BCUT2D eigenvalue weighted by Gasteiger charge is -2.19. The molecule has 0 N–H and O–H groups in total. The SMILES string of the molecule is FC(F)(F)Oc1cccc(CCC2C3CN(Cc4ccc(Oc5ccccc5)cc4)CC23)c1. The molecule has 0 radical (unpaired) electrons. The van der Waals surface area contributed by atoms with Crippen LogP contribution < -0.4 is 9.47 Å². The van der Waals surface area contributed by atoms with Crippen LogP contribution in [0.15, 0.2) is 78.9 Å². The van der Waals surface area contributed by atoms with Crippen molar-refractivity contribution in [1.82, 2.24) is 4.90 Å². The van der Waals surface area contributed by atoms with Gasteiger partial charge in [0.15, 0.2) is 0 Å². The molecule has 0 spiro atoms. The zero-order chi connectivity index (χ0) is 22.8. The fourth-order valence-corrected chi connectivity index (χ4v) is 5.07. The van der Waals surface area contributed by atoms with Crippen LogP contribution >= 0.6 is 0 Å². The molecular weight excluding hydrogens is 427 g/mol. The van der Waals surface area contributed by atoms with E-state index in [1.165, 1.54) is 17.7 Å². The molecule has 0 amide bonds. The molecule has 5 rings (SSSR count). The summed E-state index contributed by atoms with van der Waals surface area (Å²) in [5.41, 5.74) is 2.17. The molecule has 1 heterocycles. The van der Waals surface area contributed by atoms with E-state index in [2.05, 4.69) is 21.8 Å². The van der Waals surface area contributed by atoms with Crippen molar-refractivity contribution < 1.29 is 22.6 Å². The second-order valence-corrected chi connectivity index (χ2v) is 8.98. The summed E-state index contributed by atoms with van der Waals surface area (Å²) in [6.45, 7) is 3.12. The average molecular weight is 454 g/mol. The van der Waals surface area contributed by atoms with E-state index in [9.17, 15) is 13.2 Å². The number of piperidine rings is 1. The third-order valence-electron chi connectivity index (χ3n) is 6.65. The van der Waals surface area contributed by atoms with Crippen molar-refractivity contribution in [2.45, 2.75) is 25.7 Å². The Morgan fingerprint density at radius 1 is 0.758 bits per heavy atom. The van der Waals surface area contributed by atoms with Gasteiger partial charge in [0.1, 0.15) is 17.2 Å². The van der Waals surface area contributed by atoms with Gasteiger partial charge < -0.3 is 9.47 Å². The summed E-state index contributed by atoms with van der Waals surface area (Å²) in [5.74, 6) is 3.62. The Hall–Kier alpha value is -2.99. The largest absolute Gasteiger partial charge is 0.573 e. The van der Waals surface area contributed by atoms with Crippen LogP contribution in [-0.2, 0) is 13.0 Å². The predicted octanol–water partition coefficient (Wildman–Crippen LogP) is 6.69. The van der Waals surface area contributed by atoms with E-state index in [0.717, 1.165) is 49.5 Å². The summed E-state index contributed by atoms with van der Waals surface area (Å²) in [6, 6.07) is 24.4. The first-order valence-corrected chi connectivity index (χ1v) is 11.3. The van der Waals surface area contributed by atoms with Gasteiger partial charge in [-0.15, -0.1) is 13.2 Å². The van der Waals surface area contributed by atoms with Crippen LogP contribution in [0.3, 0.4) is 0 Å². The van der Waals surface area contributed by atoms with E-state index in [0.29, 0.717) is 17.8 Å². The van der Waals surface area contributed by atoms with Crippen LogP contribution in [0.2, 0.25) is 0 Å². The van der Waals surface area contributed by atoms with Gasteiger partial charge >= 0.3 is 6.36 Å². The van der Waals surface area contributed by atoms with Gasteiger partial charge in [-0.2, -0.15) is 0 Å². The van der Waals surface area contributed by atoms with Crippen molar-refractivity contribution in [3.63, 3.8) is 0 Å². The smallest absolute Gasteiger partial charge is 0.457 e. The van der Waals surface area contributed by atoms with E-state index in [4.69, 9.17) is 4.74 Å². The first-order chi connectivity index (χ1) is 15.9. The van der Waals surface area contributed by atoms with Gasteiger partial charge in [0.2, 0.25) is 0 Å². The number of para-hydroxylation sites is 1. The third-order valence-corrected chi connectivity index (χ3v) is 6.65. The molecule has 2 fully saturated rings. The number of ether oxygens (including phenoxy) is 2. The first-order valence-electron chi connectivity index (χ1n) is 11.3. The molecule has 2 unspecified atom stereocenters. The van der Waals surface area contributed by atoms with Gasteiger partial charge in [-0.25, -0.2) is 0 Å². The fourth-order valence-electron chi connectivity index (χ4n) is 5.07. The Kier molecular flexibility index (Phi) is 6.02. The minimum atomic E-state index is -4.65. The topological polar surface area (TPSA) is 21.7 Å². The van der Waals surface area contributed by atoms with Crippen molar-refractivity contribution in [2.75, 3.05) is 13.1 Å². The summed E-state index contributed by atoms with van der Waals surface area (Å²) in [5, 5.41) is 0. The van der Waals surface area contributed by atoms with Gasteiger partial charge in [-0.05, 0) is 78.1 Å². The van der Waals surface area contributed by atoms with Crippen LogP contribution in [0.4, 0.5) is 13.2 Å². The molecule has 3 aromatic carbocycles. The normalized spacial score (nSPS) is 22.1. The number of fused-ring (bicyclic) bond motifs is 1. The quantitative estimate of drug-likeness (QED) is 0.379. The summed E-state index contributed by atoms with van der Waals surface area (Å²) in [4.78, 5) is 2.50. The highest BCUT2D eigenvalue weighted by atomic mass is 19.4. The molecule has 2 aliphatic rings. The van der Waals surface area contributed by atoms with Crippen LogP contribution in [0, 0.1) is 17.8 Å². The molecule has 0 aromatic heterocycles. The Morgan fingerprint density at radius 3 is 2.12 bits per heavy atom. The van der Waals surface area contributed by atoms with Crippen LogP contribution in [-0.4, -0.2) is 24.4 Å². The zero-order valence-corrected chi connectivity index (χ0v) is 18.2. The predicted molar refractivity (Wildman–Crippen MR) is 120 cm³/mol. The van der Waals surface area contributed by atoms with Crippen molar-refractivity contribution in [3.8, 4) is 17.2 Å². The summed E-state index contributed by atoms with van der Waals surface area (Å²) in [6.07, 6.45) is -2.84. The maximum absolute atomic E-state index is 12.4. The molecule has 6 heteroatoms. The highest BCUT2D eigenvalue weighted by molar-refractivity contribution is 5.33. The Bertz CT molecular complexity index is 1060. The number of rotatable bonds is 8. The number of hydrogen-bond acceptors (Lipinski definition) is 3. The molecule has 1 aliphatic heterocycles. The van der Waals surface area contributed by atoms with Gasteiger partial charge in [0.05, 0.1) is 0 Å². The highest BCUT2D eigenvalue weighted by Crippen LogP contribution is 2.54. The molecule has 1 saturated carbocycles. The molecule has 1 aliphatic carbocycles. The first kappa shape index (κ1) is 21.8. The lowest BCUT2D eigenvalue weighted by Crippen LogP contribution is -2.24. The number of hydrogen-bond donors (Lipinski definition) is 0. The molecular formula is C27H26F3NO2. The second-order valence-electron chi connectivity index (χ2n) is 8.98. The minimum absolute atomic E-state index is 0.137. The van der Waals surface area contributed by atoms with Crippen molar-refractivity contribution in [1.29, 1.82) is 0 Å². The van der Waals surface area contributed by atoms with Gasteiger partial charge in [-0.3, -0.25) is 4.90 Å². The standard InChI is InChI=1S/C27H26F3NO2/c28-27(29,30)33-23-8-4-5-19(15-23)11-14-24-25-17-31(18-26(24)25)16-20-9-12-22(13-10-20)32-21-6-2-1-3-7-21/h1-10,12-13,15,24-26H,11,14,16-18H2. The number of aryl methyl sites for hydroxylation is 1. The monoisotopic (exact) mass is 453 g/mol. The maximum atomic E-state index is 12.4. The van der Waals surface area contributed by atoms with Crippen molar-refractivity contribution >= 4 is 0 Å². The van der Waals surface area contributed by atoms with Crippen molar-refractivity contribution in [3.05, 3.63) is 90.0 Å². The second kappa shape index (κ2) is 9.10. The van der Waals surface area contributed by atoms with Crippen molar-refractivity contribution in [2.24, 2.45) is 17.8 Å². The molecule has 33 heavy (non-hydrogen) atoms. The van der Waals surface area contributed by atoms with Crippen LogP contribution in [0.5, 0.6) is 17.2 Å². The fraction of sp³-hybridized carbons (Fsp3) is 0.333. The van der Waals surface area contributed by atoms with E-state index < -0.39 is 6.36 Å². The van der Waals surface area contributed by atoms with E-state index in [1.54, 1.807) is 6.07 Å². The van der Waals surface area contributed by atoms with E-state index >= 15 is 0 Å². The molecule has 2 atom stereocenters. The number of halogens is 3. The lowest BCUT2D eigenvalue weighted by atomic mass is 10.0. The molecule has 172 valence electrons. The molecule has 3 aromatic rings. The van der Waals surface area contributed by atoms with Gasteiger partial charge in [0.25, 0.3) is 0 Å². The van der Waals surface area contributed by atoms with Crippen LogP contribution in [0.1, 0.15) is 17.5 Å². The van der Waals surface area contributed by atoms with Crippen LogP contribution in [0.25, 0.3) is 0 Å². The Labute approximate surface area is 191 Å². The molecule has 3 nitrogen and oxygen atoms in total. The number of nitrogens with zero attached hydrogens (tertiary/aromatic N) is 1. The lowest BCUT2D eigenvalue weighted by molar-refractivity contribution is -0.274. The van der Waals surface area contributed by atoms with E-state index in [-0.39, 0.29) is 5.75 Å². The maximum Gasteiger partial charge on any atom is 0.573 e. The van der Waals surface area contributed by atoms with Gasteiger partial charge in [-0.1, -0.05) is 42.5 Å². The molecule has 0 bridgehead atoms. The highest BCUT2D eigenvalue weighted by Gasteiger charge is 2.54.